The fraction of sp³-hybridized carbons (Fsp3) is 0.364. The van der Waals surface area contributed by atoms with Gasteiger partial charge in [-0.3, -0.25) is 9.59 Å². The summed E-state index contributed by atoms with van der Waals surface area (Å²) in [5.74, 6) is -0.965. The second-order valence-electron chi connectivity index (χ2n) is 7.61. The van der Waals surface area contributed by atoms with E-state index in [9.17, 15) is 14.0 Å². The van der Waals surface area contributed by atoms with E-state index in [-0.39, 0.29) is 24.3 Å². The summed E-state index contributed by atoms with van der Waals surface area (Å²) in [6, 6.07) is 12.2. The van der Waals surface area contributed by atoms with E-state index >= 15 is 0 Å². The molecule has 0 aliphatic carbocycles. The second-order valence-corrected chi connectivity index (χ2v) is 7.61. The van der Waals surface area contributed by atoms with Crippen molar-refractivity contribution in [3.05, 3.63) is 65.0 Å². The van der Waals surface area contributed by atoms with Gasteiger partial charge in [-0.25, -0.2) is 4.39 Å². The molecule has 1 aliphatic rings. The number of fused-ring (bicyclic) bond motifs is 1. The zero-order chi connectivity index (χ0) is 19.6. The largest absolute Gasteiger partial charge is 0.349 e. The molecule has 0 aromatic heterocycles. The van der Waals surface area contributed by atoms with Crippen molar-refractivity contribution in [2.45, 2.75) is 45.6 Å². The van der Waals surface area contributed by atoms with E-state index in [2.05, 4.69) is 36.6 Å². The van der Waals surface area contributed by atoms with Gasteiger partial charge in [-0.2, -0.15) is 0 Å². The Kier molecular flexibility index (Phi) is 5.59. The van der Waals surface area contributed by atoms with Gasteiger partial charge in [-0.15, -0.1) is 0 Å². The van der Waals surface area contributed by atoms with Crippen LogP contribution in [-0.2, 0) is 16.0 Å². The summed E-state index contributed by atoms with van der Waals surface area (Å²) in [4.78, 5) is 24.7. The maximum absolute atomic E-state index is 13.4. The Morgan fingerprint density at radius 3 is 2.56 bits per heavy atom. The lowest BCUT2D eigenvalue weighted by molar-refractivity contribution is -0.126. The monoisotopic (exact) mass is 368 g/mol. The van der Waals surface area contributed by atoms with Gasteiger partial charge in [-0.05, 0) is 48.1 Å². The van der Waals surface area contributed by atoms with E-state index in [4.69, 9.17) is 0 Å². The number of carbonyl (C=O) groups is 2. The molecule has 2 unspecified atom stereocenters. The smallest absolute Gasteiger partial charge is 0.228 e. The van der Waals surface area contributed by atoms with Crippen molar-refractivity contribution in [2.24, 2.45) is 5.92 Å². The van der Waals surface area contributed by atoms with Gasteiger partial charge in [0.2, 0.25) is 11.8 Å². The molecule has 0 spiro atoms. The first kappa shape index (κ1) is 19.1. The average Bonchev–Trinajstić information content (AvgIpc) is 2.60. The molecule has 2 atom stereocenters. The van der Waals surface area contributed by atoms with Crippen LogP contribution in [0.4, 0.5) is 10.1 Å². The van der Waals surface area contributed by atoms with Crippen LogP contribution in [0.3, 0.4) is 0 Å². The molecule has 2 N–H and O–H groups in total. The van der Waals surface area contributed by atoms with E-state index in [1.54, 1.807) is 6.07 Å². The summed E-state index contributed by atoms with van der Waals surface area (Å²) in [5, 5.41) is 5.62. The zero-order valence-corrected chi connectivity index (χ0v) is 15.9. The van der Waals surface area contributed by atoms with Crippen molar-refractivity contribution < 1.29 is 14.0 Å². The number of halogens is 1. The van der Waals surface area contributed by atoms with Crippen molar-refractivity contribution in [3.63, 3.8) is 0 Å². The van der Waals surface area contributed by atoms with Gasteiger partial charge < -0.3 is 10.6 Å². The Morgan fingerprint density at radius 1 is 1.19 bits per heavy atom. The highest BCUT2D eigenvalue weighted by atomic mass is 19.1. The van der Waals surface area contributed by atoms with Gasteiger partial charge in [0.1, 0.15) is 5.82 Å². The number of hydrogen-bond acceptors (Lipinski definition) is 2. The molecule has 142 valence electrons. The predicted octanol–water partition coefficient (Wildman–Crippen LogP) is 4.33. The number of nitrogens with one attached hydrogen (secondary N) is 2. The molecule has 0 saturated carbocycles. The molecule has 5 heteroatoms. The van der Waals surface area contributed by atoms with Crippen LogP contribution in [0.25, 0.3) is 0 Å². The topological polar surface area (TPSA) is 58.2 Å². The van der Waals surface area contributed by atoms with Gasteiger partial charge in [0.15, 0.2) is 0 Å². The molecule has 0 bridgehead atoms. The molecular weight excluding hydrogens is 343 g/mol. The normalized spacial score (nSPS) is 17.2. The van der Waals surface area contributed by atoms with Gasteiger partial charge in [0, 0.05) is 12.1 Å². The SMILES string of the molecule is CC(C)Cc1ccc(C(C)NC(=O)C2CC(=O)Nc3cc(F)ccc32)cc1. The lowest BCUT2D eigenvalue weighted by Crippen LogP contribution is -2.36. The molecule has 2 aromatic carbocycles. The standard InChI is InChI=1S/C22H25FN2O2/c1-13(2)10-15-4-6-16(7-5-15)14(3)24-22(27)19-12-21(26)25-20-11-17(23)8-9-18(19)20/h4-9,11,13-14,19H,10,12H2,1-3H3,(H,24,27)(H,25,26). The number of carbonyl (C=O) groups excluding carboxylic acids is 2. The van der Waals surface area contributed by atoms with E-state index < -0.39 is 11.7 Å². The van der Waals surface area contributed by atoms with Crippen LogP contribution in [0.1, 0.15) is 55.8 Å². The van der Waals surface area contributed by atoms with Crippen molar-refractivity contribution >= 4 is 17.5 Å². The number of anilines is 1. The summed E-state index contributed by atoms with van der Waals surface area (Å²) in [6.45, 7) is 6.28. The quantitative estimate of drug-likeness (QED) is 0.825. The molecule has 4 nitrogen and oxygen atoms in total. The van der Waals surface area contributed by atoms with Gasteiger partial charge in [0.05, 0.1) is 12.0 Å². The van der Waals surface area contributed by atoms with E-state index in [1.807, 2.05) is 19.1 Å². The highest BCUT2D eigenvalue weighted by Crippen LogP contribution is 2.33. The highest BCUT2D eigenvalue weighted by molar-refractivity contribution is 6.01. The van der Waals surface area contributed by atoms with Crippen LogP contribution in [0.5, 0.6) is 0 Å². The fourth-order valence-corrected chi connectivity index (χ4v) is 3.48. The van der Waals surface area contributed by atoms with Gasteiger partial charge in [0.25, 0.3) is 0 Å². The third kappa shape index (κ3) is 4.54. The maximum atomic E-state index is 13.4. The van der Waals surface area contributed by atoms with Crippen LogP contribution in [-0.4, -0.2) is 11.8 Å². The molecule has 0 fully saturated rings. The highest BCUT2D eigenvalue weighted by Gasteiger charge is 2.31. The third-order valence-corrected chi connectivity index (χ3v) is 4.85. The Hall–Kier alpha value is -2.69. The lowest BCUT2D eigenvalue weighted by Gasteiger charge is -2.26. The predicted molar refractivity (Wildman–Crippen MR) is 104 cm³/mol. The Balaban J connectivity index is 1.72. The van der Waals surface area contributed by atoms with Crippen molar-refractivity contribution in [1.82, 2.24) is 5.32 Å². The van der Waals surface area contributed by atoms with Crippen LogP contribution < -0.4 is 10.6 Å². The molecule has 27 heavy (non-hydrogen) atoms. The molecular formula is C22H25FN2O2. The Labute approximate surface area is 159 Å². The fourth-order valence-electron chi connectivity index (χ4n) is 3.48. The maximum Gasteiger partial charge on any atom is 0.228 e. The van der Waals surface area contributed by atoms with Gasteiger partial charge >= 0.3 is 0 Å². The van der Waals surface area contributed by atoms with Crippen LogP contribution in [0, 0.1) is 11.7 Å². The number of amides is 2. The molecule has 0 saturated heterocycles. The van der Waals surface area contributed by atoms with E-state index in [0.29, 0.717) is 17.2 Å². The minimum absolute atomic E-state index is 0.0600. The molecule has 2 aromatic rings. The molecule has 3 rings (SSSR count). The Bertz CT molecular complexity index is 846. The number of hydrogen-bond donors (Lipinski definition) is 2. The van der Waals surface area contributed by atoms with Gasteiger partial charge in [-0.1, -0.05) is 44.2 Å². The summed E-state index contributed by atoms with van der Waals surface area (Å²) in [5.41, 5.74) is 3.30. The average molecular weight is 368 g/mol. The summed E-state index contributed by atoms with van der Waals surface area (Å²) < 4.78 is 13.4. The lowest BCUT2D eigenvalue weighted by atomic mass is 9.89. The van der Waals surface area contributed by atoms with Crippen molar-refractivity contribution in [2.75, 3.05) is 5.32 Å². The van der Waals surface area contributed by atoms with Crippen LogP contribution >= 0.6 is 0 Å². The van der Waals surface area contributed by atoms with Crippen molar-refractivity contribution in [3.8, 4) is 0 Å². The number of benzene rings is 2. The van der Waals surface area contributed by atoms with Crippen molar-refractivity contribution in [1.29, 1.82) is 0 Å². The second kappa shape index (κ2) is 7.91. The number of rotatable bonds is 5. The Morgan fingerprint density at radius 2 is 1.89 bits per heavy atom. The first-order chi connectivity index (χ1) is 12.8. The first-order valence-corrected chi connectivity index (χ1v) is 9.32. The summed E-state index contributed by atoms with van der Waals surface area (Å²) >= 11 is 0. The molecule has 1 heterocycles. The molecule has 1 aliphatic heterocycles. The summed E-state index contributed by atoms with van der Waals surface area (Å²) in [7, 11) is 0. The minimum atomic E-state index is -0.614. The van der Waals surface area contributed by atoms with Crippen LogP contribution in [0.2, 0.25) is 0 Å². The van der Waals surface area contributed by atoms with Crippen LogP contribution in [0.15, 0.2) is 42.5 Å². The zero-order valence-electron chi connectivity index (χ0n) is 15.9. The summed E-state index contributed by atoms with van der Waals surface area (Å²) in [6.07, 6.45) is 1.08. The molecule has 0 radical (unpaired) electrons. The minimum Gasteiger partial charge on any atom is -0.349 e. The first-order valence-electron chi connectivity index (χ1n) is 9.32. The van der Waals surface area contributed by atoms with E-state index in [1.165, 1.54) is 17.7 Å². The molecule has 2 amide bonds. The third-order valence-electron chi connectivity index (χ3n) is 4.85. The van der Waals surface area contributed by atoms with E-state index in [0.717, 1.165) is 12.0 Å².